The zero-order chi connectivity index (χ0) is 26.7. The van der Waals surface area contributed by atoms with Gasteiger partial charge in [-0.15, -0.1) is 0 Å². The molecule has 1 heterocycles. The van der Waals surface area contributed by atoms with Crippen molar-refractivity contribution < 1.29 is 28.9 Å². The molecule has 0 aromatic heterocycles. The average molecular weight is 522 g/mol. The van der Waals surface area contributed by atoms with Gasteiger partial charge >= 0.3 is 0 Å². The van der Waals surface area contributed by atoms with Crippen molar-refractivity contribution >= 4 is 34.7 Å². The number of aliphatic hydroxyl groups excluding tert-OH is 1. The number of hydrogen-bond acceptors (Lipinski definition) is 6. The Morgan fingerprint density at radius 1 is 1.03 bits per heavy atom. The molecular weight excluding hydrogens is 494 g/mol. The monoisotopic (exact) mass is 521 g/mol. The molecule has 1 unspecified atom stereocenters. The predicted octanol–water partition coefficient (Wildman–Crippen LogP) is 6.16. The number of amides is 1. The van der Waals surface area contributed by atoms with Crippen molar-refractivity contribution in [3.8, 4) is 17.2 Å². The van der Waals surface area contributed by atoms with Crippen molar-refractivity contribution in [2.24, 2.45) is 0 Å². The largest absolute Gasteiger partial charge is 0.507 e. The molecule has 1 aliphatic rings. The smallest absolute Gasteiger partial charge is 0.300 e. The Balaban J connectivity index is 1.93. The maximum Gasteiger partial charge on any atom is 0.300 e. The molecule has 37 heavy (non-hydrogen) atoms. The van der Waals surface area contributed by atoms with E-state index in [1.54, 1.807) is 60.7 Å². The molecule has 0 radical (unpaired) electrons. The van der Waals surface area contributed by atoms with Gasteiger partial charge in [0.2, 0.25) is 0 Å². The molecule has 0 spiro atoms. The summed E-state index contributed by atoms with van der Waals surface area (Å²) in [6, 6.07) is 17.8. The predicted molar refractivity (Wildman–Crippen MR) is 143 cm³/mol. The van der Waals surface area contributed by atoms with Crippen LogP contribution >= 0.6 is 11.6 Å². The molecule has 1 saturated heterocycles. The summed E-state index contributed by atoms with van der Waals surface area (Å²) in [6.45, 7) is 6.12. The van der Waals surface area contributed by atoms with Crippen LogP contribution in [0.3, 0.4) is 0 Å². The highest BCUT2D eigenvalue weighted by Gasteiger charge is 2.47. The Hall–Kier alpha value is -3.97. The zero-order valence-electron chi connectivity index (χ0n) is 21.0. The van der Waals surface area contributed by atoms with Gasteiger partial charge in [0, 0.05) is 17.3 Å². The minimum Gasteiger partial charge on any atom is -0.507 e. The van der Waals surface area contributed by atoms with Gasteiger partial charge in [-0.3, -0.25) is 14.5 Å². The maximum absolute atomic E-state index is 13.4. The summed E-state index contributed by atoms with van der Waals surface area (Å²) < 4.78 is 16.7. The summed E-state index contributed by atoms with van der Waals surface area (Å²) in [6.07, 6.45) is -0.0778. The van der Waals surface area contributed by atoms with E-state index in [1.165, 1.54) is 18.1 Å². The number of aliphatic hydroxyl groups is 1. The zero-order valence-corrected chi connectivity index (χ0v) is 21.8. The van der Waals surface area contributed by atoms with E-state index in [2.05, 4.69) is 0 Å². The molecule has 192 valence electrons. The molecular formula is C29H28ClNO6. The molecule has 0 bridgehead atoms. The van der Waals surface area contributed by atoms with E-state index < -0.39 is 17.7 Å². The van der Waals surface area contributed by atoms with Crippen LogP contribution in [-0.4, -0.2) is 36.6 Å². The number of carbonyl (C=O) groups is 2. The van der Waals surface area contributed by atoms with Crippen LogP contribution in [0.4, 0.5) is 5.69 Å². The third-order valence-corrected chi connectivity index (χ3v) is 6.12. The lowest BCUT2D eigenvalue weighted by Gasteiger charge is -2.26. The van der Waals surface area contributed by atoms with E-state index in [4.69, 9.17) is 25.8 Å². The number of nitrogens with zero attached hydrogens (tertiary/aromatic N) is 1. The number of ketones is 1. The molecule has 7 nitrogen and oxygen atoms in total. The molecule has 4 rings (SSSR count). The number of rotatable bonds is 8. The first kappa shape index (κ1) is 26.1. The van der Waals surface area contributed by atoms with Crippen LogP contribution in [0.25, 0.3) is 5.76 Å². The number of anilines is 1. The lowest BCUT2D eigenvalue weighted by atomic mass is 9.95. The number of hydrogen-bond donors (Lipinski definition) is 1. The third-order valence-electron chi connectivity index (χ3n) is 5.82. The number of halogens is 1. The Bertz CT molecular complexity index is 1370. The van der Waals surface area contributed by atoms with Crippen molar-refractivity contribution in [2.45, 2.75) is 32.9 Å². The van der Waals surface area contributed by atoms with Gasteiger partial charge in [0.1, 0.15) is 23.0 Å². The second kappa shape index (κ2) is 11.0. The topological polar surface area (TPSA) is 85.3 Å². The molecule has 1 fully saturated rings. The van der Waals surface area contributed by atoms with Gasteiger partial charge in [-0.1, -0.05) is 29.8 Å². The van der Waals surface area contributed by atoms with Crippen molar-refractivity contribution in [1.29, 1.82) is 0 Å². The summed E-state index contributed by atoms with van der Waals surface area (Å²) in [5, 5.41) is 11.6. The van der Waals surface area contributed by atoms with Crippen molar-refractivity contribution in [2.75, 3.05) is 18.6 Å². The first-order valence-corrected chi connectivity index (χ1v) is 12.3. The summed E-state index contributed by atoms with van der Waals surface area (Å²) in [7, 11) is 1.48. The van der Waals surface area contributed by atoms with Gasteiger partial charge < -0.3 is 19.3 Å². The highest BCUT2D eigenvalue weighted by Crippen LogP contribution is 2.44. The summed E-state index contributed by atoms with van der Waals surface area (Å²) in [5.74, 6) is -0.373. The van der Waals surface area contributed by atoms with Gasteiger partial charge in [-0.05, 0) is 68.8 Å². The second-order valence-electron chi connectivity index (χ2n) is 8.69. The molecule has 1 aliphatic heterocycles. The van der Waals surface area contributed by atoms with Crippen molar-refractivity contribution in [3.05, 3.63) is 88.5 Å². The van der Waals surface area contributed by atoms with E-state index >= 15 is 0 Å². The number of benzene rings is 3. The summed E-state index contributed by atoms with van der Waals surface area (Å²) >= 11 is 6.29. The Kier molecular flexibility index (Phi) is 7.74. The lowest BCUT2D eigenvalue weighted by molar-refractivity contribution is -0.132. The number of ether oxygens (including phenoxy) is 3. The normalized spacial score (nSPS) is 16.8. The lowest BCUT2D eigenvalue weighted by Crippen LogP contribution is -2.29. The molecule has 3 aromatic rings. The first-order chi connectivity index (χ1) is 17.7. The van der Waals surface area contributed by atoms with E-state index in [9.17, 15) is 14.7 Å². The van der Waals surface area contributed by atoms with Crippen LogP contribution < -0.4 is 19.1 Å². The fourth-order valence-corrected chi connectivity index (χ4v) is 4.56. The number of carbonyl (C=O) groups excluding carboxylic acids is 2. The molecule has 1 amide bonds. The second-order valence-corrected chi connectivity index (χ2v) is 9.10. The van der Waals surface area contributed by atoms with Crippen LogP contribution in [0.15, 0.2) is 72.3 Å². The minimum absolute atomic E-state index is 0.0604. The van der Waals surface area contributed by atoms with Crippen molar-refractivity contribution in [3.63, 3.8) is 0 Å². The van der Waals surface area contributed by atoms with E-state index in [0.29, 0.717) is 35.1 Å². The SMILES string of the molecule is CCOc1cccc(N2C(=O)C(=O)/C(=C(/O)c3ccc(OC)c(Cl)c3)C2c2cccc(OC(C)C)c2)c1. The van der Waals surface area contributed by atoms with Crippen LogP contribution in [0.2, 0.25) is 5.02 Å². The van der Waals surface area contributed by atoms with Crippen LogP contribution in [-0.2, 0) is 9.59 Å². The number of methoxy groups -OCH3 is 1. The van der Waals surface area contributed by atoms with E-state index in [1.807, 2.05) is 20.8 Å². The molecule has 0 aliphatic carbocycles. The quantitative estimate of drug-likeness (QED) is 0.217. The van der Waals surface area contributed by atoms with E-state index in [-0.39, 0.29) is 28.0 Å². The molecule has 3 aromatic carbocycles. The Morgan fingerprint density at radius 2 is 1.76 bits per heavy atom. The van der Waals surface area contributed by atoms with Crippen molar-refractivity contribution in [1.82, 2.24) is 0 Å². The summed E-state index contributed by atoms with van der Waals surface area (Å²) in [4.78, 5) is 28.3. The highest BCUT2D eigenvalue weighted by atomic mass is 35.5. The van der Waals surface area contributed by atoms with Gasteiger partial charge in [0.05, 0.1) is 36.5 Å². The standard InChI is InChI=1S/C29H28ClNO6/c1-5-36-21-10-7-9-20(16-21)31-26(18-8-6-11-22(14-18)37-17(2)3)25(28(33)29(31)34)27(32)19-12-13-24(35-4)23(30)15-19/h6-17,26,32H,5H2,1-4H3/b27-25+. The molecule has 0 saturated carbocycles. The maximum atomic E-state index is 13.4. The fourth-order valence-electron chi connectivity index (χ4n) is 4.30. The van der Waals surface area contributed by atoms with E-state index in [0.717, 1.165) is 0 Å². The first-order valence-electron chi connectivity index (χ1n) is 11.9. The highest BCUT2D eigenvalue weighted by molar-refractivity contribution is 6.51. The molecule has 1 atom stereocenters. The summed E-state index contributed by atoms with van der Waals surface area (Å²) in [5.41, 5.74) is 1.28. The molecule has 8 heteroatoms. The van der Waals surface area contributed by atoms with Gasteiger partial charge in [0.15, 0.2) is 0 Å². The average Bonchev–Trinajstić information content (AvgIpc) is 3.14. The Labute approximate surface area is 220 Å². The molecule has 1 N–H and O–H groups in total. The van der Waals surface area contributed by atoms with Crippen LogP contribution in [0, 0.1) is 0 Å². The fraction of sp³-hybridized carbons (Fsp3) is 0.241. The van der Waals surface area contributed by atoms with Crippen LogP contribution in [0.1, 0.15) is 37.9 Å². The van der Waals surface area contributed by atoms with Gasteiger partial charge in [-0.25, -0.2) is 0 Å². The van der Waals surface area contributed by atoms with Gasteiger partial charge in [0.25, 0.3) is 11.7 Å². The third kappa shape index (κ3) is 5.27. The number of Topliss-reactive ketones (excluding diaryl/α,β-unsaturated/α-hetero) is 1. The van der Waals surface area contributed by atoms with Crippen LogP contribution in [0.5, 0.6) is 17.2 Å². The minimum atomic E-state index is -0.923. The Morgan fingerprint density at radius 3 is 2.43 bits per heavy atom. The van der Waals surface area contributed by atoms with Gasteiger partial charge in [-0.2, -0.15) is 0 Å².